The molecule has 0 radical (unpaired) electrons. The minimum Gasteiger partial charge on any atom is -0.494 e. The Kier molecular flexibility index (Phi) is 4.82. The maximum atomic E-state index is 13.2. The highest BCUT2D eigenvalue weighted by atomic mass is 16.5. The highest BCUT2D eigenvalue weighted by Crippen LogP contribution is 2.41. The third kappa shape index (κ3) is 3.78. The molecule has 1 unspecified atom stereocenters. The van der Waals surface area contributed by atoms with E-state index in [2.05, 4.69) is 10.00 Å². The molecule has 1 spiro atoms. The van der Waals surface area contributed by atoms with Crippen LogP contribution in [0.2, 0.25) is 0 Å². The smallest absolute Gasteiger partial charge is 0.257 e. The second-order valence-corrected chi connectivity index (χ2v) is 9.10. The molecule has 1 aromatic carbocycles. The van der Waals surface area contributed by atoms with Gasteiger partial charge in [0.1, 0.15) is 11.4 Å². The second kappa shape index (κ2) is 7.48. The Morgan fingerprint density at radius 3 is 2.90 bits per heavy atom. The number of benzene rings is 1. The van der Waals surface area contributed by atoms with Gasteiger partial charge in [0.2, 0.25) is 0 Å². The summed E-state index contributed by atoms with van der Waals surface area (Å²) in [5.41, 5.74) is 1.79. The van der Waals surface area contributed by atoms with E-state index in [-0.39, 0.29) is 5.91 Å². The molecule has 0 N–H and O–H groups in total. The van der Waals surface area contributed by atoms with Crippen molar-refractivity contribution < 1.29 is 9.53 Å². The standard InChI is InChI=1S/C23H30N4O2/c1-29-21-6-3-2-5-20(21)27-15-19(13-24-27)22(28)26-12-10-23(17-26)9-4-11-25(16-23)14-18-7-8-18/h2-3,5-6,13,15,18H,4,7-12,14,16-17H2,1H3. The van der Waals surface area contributed by atoms with Crippen molar-refractivity contribution in [2.75, 3.05) is 39.8 Å². The van der Waals surface area contributed by atoms with Gasteiger partial charge in [-0.05, 0) is 56.7 Å². The number of piperidine rings is 1. The second-order valence-electron chi connectivity index (χ2n) is 9.10. The van der Waals surface area contributed by atoms with Crippen molar-refractivity contribution in [3.63, 3.8) is 0 Å². The van der Waals surface area contributed by atoms with E-state index in [0.717, 1.165) is 43.4 Å². The summed E-state index contributed by atoms with van der Waals surface area (Å²) in [5, 5.41) is 4.42. The largest absolute Gasteiger partial charge is 0.494 e. The fourth-order valence-electron chi connectivity index (χ4n) is 5.14. The Labute approximate surface area is 172 Å². The van der Waals surface area contributed by atoms with E-state index < -0.39 is 0 Å². The molecule has 3 fully saturated rings. The Hall–Kier alpha value is -2.34. The highest BCUT2D eigenvalue weighted by molar-refractivity contribution is 5.94. The van der Waals surface area contributed by atoms with E-state index >= 15 is 0 Å². The topological polar surface area (TPSA) is 50.6 Å². The monoisotopic (exact) mass is 394 g/mol. The predicted octanol–water partition coefficient (Wildman–Crippen LogP) is 3.22. The molecule has 1 atom stereocenters. The Morgan fingerprint density at radius 1 is 1.21 bits per heavy atom. The molecule has 154 valence electrons. The summed E-state index contributed by atoms with van der Waals surface area (Å²) >= 11 is 0. The minimum absolute atomic E-state index is 0.0994. The summed E-state index contributed by atoms with van der Waals surface area (Å²) < 4.78 is 7.16. The lowest BCUT2D eigenvalue weighted by Gasteiger charge is -2.40. The van der Waals surface area contributed by atoms with Gasteiger partial charge in [-0.25, -0.2) is 4.68 Å². The Morgan fingerprint density at radius 2 is 2.07 bits per heavy atom. The molecular formula is C23H30N4O2. The van der Waals surface area contributed by atoms with Crippen LogP contribution in [-0.4, -0.2) is 65.3 Å². The fraction of sp³-hybridized carbons (Fsp3) is 0.565. The van der Waals surface area contributed by atoms with Crippen LogP contribution >= 0.6 is 0 Å². The van der Waals surface area contributed by atoms with Gasteiger partial charge in [-0.1, -0.05) is 12.1 Å². The molecule has 3 aliphatic rings. The number of ether oxygens (including phenoxy) is 1. The molecule has 3 heterocycles. The number of aromatic nitrogens is 2. The molecule has 2 aliphatic heterocycles. The highest BCUT2D eigenvalue weighted by Gasteiger charge is 2.43. The molecule has 1 amide bonds. The molecule has 1 aromatic heterocycles. The van der Waals surface area contributed by atoms with Crippen LogP contribution in [0.3, 0.4) is 0 Å². The number of methoxy groups -OCH3 is 1. The summed E-state index contributed by atoms with van der Waals surface area (Å²) in [7, 11) is 1.65. The summed E-state index contributed by atoms with van der Waals surface area (Å²) in [6.45, 7) is 5.40. The first kappa shape index (κ1) is 18.7. The lowest BCUT2D eigenvalue weighted by Crippen LogP contribution is -2.46. The molecule has 5 rings (SSSR count). The molecule has 2 aromatic rings. The minimum atomic E-state index is 0.0994. The number of nitrogens with zero attached hydrogens (tertiary/aromatic N) is 4. The van der Waals surface area contributed by atoms with Crippen molar-refractivity contribution >= 4 is 5.91 Å². The van der Waals surface area contributed by atoms with Gasteiger partial charge >= 0.3 is 0 Å². The molecule has 0 bridgehead atoms. The predicted molar refractivity (Wildman–Crippen MR) is 111 cm³/mol. The van der Waals surface area contributed by atoms with Gasteiger partial charge in [-0.15, -0.1) is 0 Å². The van der Waals surface area contributed by atoms with E-state index in [9.17, 15) is 4.79 Å². The van der Waals surface area contributed by atoms with E-state index in [1.165, 1.54) is 38.8 Å². The number of likely N-dealkylation sites (tertiary alicyclic amines) is 2. The average Bonchev–Trinajstić information content (AvgIpc) is 3.26. The zero-order chi connectivity index (χ0) is 19.8. The molecule has 29 heavy (non-hydrogen) atoms. The van der Waals surface area contributed by atoms with Gasteiger partial charge in [0.25, 0.3) is 5.91 Å². The lowest BCUT2D eigenvalue weighted by atomic mass is 9.79. The zero-order valence-electron chi connectivity index (χ0n) is 17.2. The number of hydrogen-bond donors (Lipinski definition) is 0. The van der Waals surface area contributed by atoms with E-state index in [1.807, 2.05) is 35.4 Å². The van der Waals surface area contributed by atoms with Crippen molar-refractivity contribution in [1.82, 2.24) is 19.6 Å². The van der Waals surface area contributed by atoms with E-state index in [0.29, 0.717) is 11.0 Å². The van der Waals surface area contributed by atoms with Crippen molar-refractivity contribution in [2.24, 2.45) is 11.3 Å². The molecule has 1 aliphatic carbocycles. The third-order valence-corrected chi connectivity index (χ3v) is 6.84. The average molecular weight is 395 g/mol. The number of amides is 1. The van der Waals surface area contributed by atoms with Crippen LogP contribution in [0.5, 0.6) is 5.75 Å². The summed E-state index contributed by atoms with van der Waals surface area (Å²) in [6, 6.07) is 7.72. The van der Waals surface area contributed by atoms with Crippen LogP contribution in [0, 0.1) is 11.3 Å². The van der Waals surface area contributed by atoms with Crippen molar-refractivity contribution in [2.45, 2.75) is 32.1 Å². The van der Waals surface area contributed by atoms with Crippen molar-refractivity contribution in [3.05, 3.63) is 42.2 Å². The van der Waals surface area contributed by atoms with Crippen molar-refractivity contribution in [1.29, 1.82) is 0 Å². The Bertz CT molecular complexity index is 891. The lowest BCUT2D eigenvalue weighted by molar-refractivity contribution is 0.0681. The van der Waals surface area contributed by atoms with Crippen LogP contribution in [-0.2, 0) is 0 Å². The first-order valence-corrected chi connectivity index (χ1v) is 10.9. The van der Waals surface area contributed by atoms with E-state index in [1.54, 1.807) is 18.0 Å². The molecule has 6 nitrogen and oxygen atoms in total. The molecule has 6 heteroatoms. The first-order chi connectivity index (χ1) is 14.2. The number of hydrogen-bond acceptors (Lipinski definition) is 4. The first-order valence-electron chi connectivity index (χ1n) is 10.9. The maximum Gasteiger partial charge on any atom is 0.257 e. The summed E-state index contributed by atoms with van der Waals surface area (Å²) in [6.07, 6.45) is 9.96. The SMILES string of the molecule is COc1ccccc1-n1cc(C(=O)N2CCC3(CCCN(CC4CC4)C3)C2)cn1. The van der Waals surface area contributed by atoms with Gasteiger partial charge in [0, 0.05) is 37.8 Å². The van der Waals surface area contributed by atoms with Gasteiger partial charge in [-0.3, -0.25) is 4.79 Å². The molecule has 1 saturated carbocycles. The third-order valence-electron chi connectivity index (χ3n) is 6.84. The molecular weight excluding hydrogens is 364 g/mol. The molecule has 2 saturated heterocycles. The quantitative estimate of drug-likeness (QED) is 0.781. The number of para-hydroxylation sites is 2. The van der Waals surface area contributed by atoms with Crippen molar-refractivity contribution in [3.8, 4) is 11.4 Å². The van der Waals surface area contributed by atoms with Crippen LogP contribution in [0.1, 0.15) is 42.5 Å². The zero-order valence-corrected chi connectivity index (χ0v) is 17.2. The van der Waals surface area contributed by atoms with Gasteiger partial charge < -0.3 is 14.5 Å². The van der Waals surface area contributed by atoms with Crippen LogP contribution in [0.25, 0.3) is 5.69 Å². The van der Waals surface area contributed by atoms with Gasteiger partial charge in [0.15, 0.2) is 0 Å². The fourth-order valence-corrected chi connectivity index (χ4v) is 5.14. The van der Waals surface area contributed by atoms with Gasteiger partial charge in [-0.2, -0.15) is 5.10 Å². The van der Waals surface area contributed by atoms with Gasteiger partial charge in [0.05, 0.1) is 18.9 Å². The van der Waals surface area contributed by atoms with Crippen LogP contribution in [0.15, 0.2) is 36.7 Å². The number of carbonyl (C=O) groups is 1. The summed E-state index contributed by atoms with van der Waals surface area (Å²) in [5.74, 6) is 1.78. The van der Waals surface area contributed by atoms with Crippen LogP contribution in [0.4, 0.5) is 0 Å². The Balaban J connectivity index is 1.27. The maximum absolute atomic E-state index is 13.2. The number of carbonyl (C=O) groups excluding carboxylic acids is 1. The van der Waals surface area contributed by atoms with E-state index in [4.69, 9.17) is 4.74 Å². The normalized spacial score (nSPS) is 24.9. The summed E-state index contributed by atoms with van der Waals surface area (Å²) in [4.78, 5) is 17.9. The number of rotatable bonds is 5. The van der Waals surface area contributed by atoms with Crippen LogP contribution < -0.4 is 4.74 Å².